The topological polar surface area (TPSA) is 49.4 Å². The second-order valence-electron chi connectivity index (χ2n) is 4.71. The van der Waals surface area contributed by atoms with E-state index in [9.17, 15) is 8.42 Å². The molecule has 0 saturated carbocycles. The molecule has 0 amide bonds. The number of nitrogens with zero attached hydrogens (tertiary/aromatic N) is 1. The Morgan fingerprint density at radius 3 is 2.71 bits per heavy atom. The molecule has 1 aliphatic heterocycles. The number of piperazine rings is 1. The summed E-state index contributed by atoms with van der Waals surface area (Å²) in [6, 6.07) is 3.18. The van der Waals surface area contributed by atoms with E-state index in [1.165, 1.54) is 4.31 Å². The van der Waals surface area contributed by atoms with Gasteiger partial charge in [0.2, 0.25) is 0 Å². The highest BCUT2D eigenvalue weighted by molar-refractivity contribution is 7.91. The molecule has 0 atom stereocenters. The molecule has 2 heterocycles. The molecule has 1 N–H and O–H groups in total. The Bertz CT molecular complexity index is 510. The van der Waals surface area contributed by atoms with E-state index in [2.05, 4.69) is 5.32 Å². The quantitative estimate of drug-likeness (QED) is 0.904. The molecule has 1 fully saturated rings. The molecule has 0 radical (unpaired) electrons. The van der Waals surface area contributed by atoms with Crippen molar-refractivity contribution in [1.29, 1.82) is 0 Å². The van der Waals surface area contributed by atoms with E-state index in [-0.39, 0.29) is 5.54 Å². The van der Waals surface area contributed by atoms with Gasteiger partial charge in [-0.1, -0.05) is 11.6 Å². The highest BCUT2D eigenvalue weighted by Gasteiger charge is 2.34. The van der Waals surface area contributed by atoms with Gasteiger partial charge in [-0.25, -0.2) is 8.42 Å². The van der Waals surface area contributed by atoms with Gasteiger partial charge in [0.25, 0.3) is 10.0 Å². The Hall–Kier alpha value is -0.140. The third-order valence-corrected chi connectivity index (χ3v) is 6.22. The van der Waals surface area contributed by atoms with Crippen molar-refractivity contribution in [1.82, 2.24) is 9.62 Å². The van der Waals surface area contributed by atoms with Crippen molar-refractivity contribution >= 4 is 33.0 Å². The van der Waals surface area contributed by atoms with Crippen LogP contribution in [-0.4, -0.2) is 37.9 Å². The Labute approximate surface area is 111 Å². The highest BCUT2D eigenvalue weighted by Crippen LogP contribution is 2.29. The van der Waals surface area contributed by atoms with Gasteiger partial charge in [-0.15, -0.1) is 11.3 Å². The zero-order chi connectivity index (χ0) is 12.7. The normalized spacial score (nSPS) is 21.6. The third kappa shape index (κ3) is 2.82. The van der Waals surface area contributed by atoms with Gasteiger partial charge in [0.15, 0.2) is 0 Å². The van der Waals surface area contributed by atoms with Crippen molar-refractivity contribution < 1.29 is 8.42 Å². The third-order valence-electron chi connectivity index (χ3n) is 2.68. The van der Waals surface area contributed by atoms with Gasteiger partial charge < -0.3 is 5.32 Å². The predicted molar refractivity (Wildman–Crippen MR) is 70.2 cm³/mol. The number of halogens is 1. The average molecular weight is 295 g/mol. The molecule has 0 unspecified atom stereocenters. The number of hydrogen-bond acceptors (Lipinski definition) is 4. The number of rotatable bonds is 2. The molecule has 17 heavy (non-hydrogen) atoms. The van der Waals surface area contributed by atoms with Crippen molar-refractivity contribution in [3.63, 3.8) is 0 Å². The van der Waals surface area contributed by atoms with E-state index in [0.29, 0.717) is 28.2 Å². The summed E-state index contributed by atoms with van der Waals surface area (Å²) >= 11 is 6.89. The first-order chi connectivity index (χ1) is 7.81. The number of sulfonamides is 1. The Morgan fingerprint density at radius 1 is 1.47 bits per heavy atom. The van der Waals surface area contributed by atoms with Gasteiger partial charge in [0.1, 0.15) is 4.21 Å². The molecule has 96 valence electrons. The van der Waals surface area contributed by atoms with Gasteiger partial charge in [-0.05, 0) is 26.0 Å². The number of nitrogens with one attached hydrogen (secondary N) is 1. The first-order valence-corrected chi connectivity index (χ1v) is 7.95. The van der Waals surface area contributed by atoms with E-state index in [4.69, 9.17) is 11.6 Å². The summed E-state index contributed by atoms with van der Waals surface area (Å²) in [6.07, 6.45) is 0. The lowest BCUT2D eigenvalue weighted by Crippen LogP contribution is -2.58. The molecule has 4 nitrogen and oxygen atoms in total. The molecular weight excluding hydrogens is 280 g/mol. The summed E-state index contributed by atoms with van der Waals surface area (Å²) in [5.41, 5.74) is -0.188. The molecule has 1 aliphatic rings. The van der Waals surface area contributed by atoms with Crippen molar-refractivity contribution in [2.75, 3.05) is 19.6 Å². The molecule has 1 saturated heterocycles. The van der Waals surface area contributed by atoms with Crippen molar-refractivity contribution in [2.24, 2.45) is 0 Å². The molecule has 1 aromatic heterocycles. The predicted octanol–water partition coefficient (Wildman–Crippen LogP) is 1.77. The van der Waals surface area contributed by atoms with Crippen LogP contribution in [0.15, 0.2) is 16.3 Å². The lowest BCUT2D eigenvalue weighted by Gasteiger charge is -2.37. The minimum Gasteiger partial charge on any atom is -0.309 e. The van der Waals surface area contributed by atoms with Crippen LogP contribution in [0.2, 0.25) is 4.34 Å². The van der Waals surface area contributed by atoms with E-state index in [1.807, 2.05) is 13.8 Å². The second-order valence-corrected chi connectivity index (χ2v) is 8.59. The SMILES string of the molecule is CC1(C)CN(S(=O)(=O)c2ccc(Cl)s2)CCN1. The van der Waals surface area contributed by atoms with Crippen LogP contribution in [0.3, 0.4) is 0 Å². The molecule has 0 bridgehead atoms. The monoisotopic (exact) mass is 294 g/mol. The Kier molecular flexibility index (Phi) is 3.53. The highest BCUT2D eigenvalue weighted by atomic mass is 35.5. The zero-order valence-electron chi connectivity index (χ0n) is 9.73. The number of hydrogen-bond donors (Lipinski definition) is 1. The van der Waals surface area contributed by atoms with Crippen molar-refractivity contribution in [3.05, 3.63) is 16.5 Å². The fourth-order valence-corrected chi connectivity index (χ4v) is 5.10. The van der Waals surface area contributed by atoms with Crippen LogP contribution in [0, 0.1) is 0 Å². The van der Waals surface area contributed by atoms with Crippen LogP contribution in [0.4, 0.5) is 0 Å². The zero-order valence-corrected chi connectivity index (χ0v) is 12.1. The summed E-state index contributed by atoms with van der Waals surface area (Å²) in [5, 5.41) is 3.29. The van der Waals surface area contributed by atoms with E-state index < -0.39 is 10.0 Å². The summed E-state index contributed by atoms with van der Waals surface area (Å²) in [6.45, 7) is 5.64. The minimum atomic E-state index is -3.38. The van der Waals surface area contributed by atoms with Crippen LogP contribution in [0.1, 0.15) is 13.8 Å². The van der Waals surface area contributed by atoms with Crippen LogP contribution in [-0.2, 0) is 10.0 Å². The first kappa shape index (κ1) is 13.3. The maximum atomic E-state index is 12.3. The average Bonchev–Trinajstić information content (AvgIpc) is 2.64. The van der Waals surface area contributed by atoms with Crippen molar-refractivity contribution in [3.8, 4) is 0 Å². The molecule has 7 heteroatoms. The maximum Gasteiger partial charge on any atom is 0.252 e. The van der Waals surface area contributed by atoms with Crippen molar-refractivity contribution in [2.45, 2.75) is 23.6 Å². The van der Waals surface area contributed by atoms with Crippen LogP contribution in [0.25, 0.3) is 0 Å². The van der Waals surface area contributed by atoms with E-state index in [0.717, 1.165) is 11.3 Å². The van der Waals surface area contributed by atoms with Crippen LogP contribution < -0.4 is 5.32 Å². The van der Waals surface area contributed by atoms with Gasteiger partial charge in [0, 0.05) is 25.2 Å². The second kappa shape index (κ2) is 4.51. The summed E-state index contributed by atoms with van der Waals surface area (Å²) in [4.78, 5) is 0. The summed E-state index contributed by atoms with van der Waals surface area (Å²) in [5.74, 6) is 0. The largest absolute Gasteiger partial charge is 0.309 e. The van der Waals surface area contributed by atoms with E-state index >= 15 is 0 Å². The minimum absolute atomic E-state index is 0.188. The number of thiophene rings is 1. The fourth-order valence-electron chi connectivity index (χ4n) is 1.86. The standard InChI is InChI=1S/C10H15ClN2O2S2/c1-10(2)7-13(6-5-12-10)17(14,15)9-4-3-8(11)16-9/h3-4,12H,5-7H2,1-2H3. The Balaban J connectivity index is 2.27. The molecular formula is C10H15ClN2O2S2. The molecule has 0 aliphatic carbocycles. The summed E-state index contributed by atoms with van der Waals surface area (Å²) < 4.78 is 27.0. The fraction of sp³-hybridized carbons (Fsp3) is 0.600. The molecule has 2 rings (SSSR count). The maximum absolute atomic E-state index is 12.3. The molecule has 0 aromatic carbocycles. The van der Waals surface area contributed by atoms with Gasteiger partial charge in [-0.2, -0.15) is 4.31 Å². The lowest BCUT2D eigenvalue weighted by atomic mass is 10.0. The van der Waals surface area contributed by atoms with Gasteiger partial charge in [-0.3, -0.25) is 0 Å². The summed E-state index contributed by atoms with van der Waals surface area (Å²) in [7, 11) is -3.38. The van der Waals surface area contributed by atoms with Gasteiger partial charge >= 0.3 is 0 Å². The lowest BCUT2D eigenvalue weighted by molar-refractivity contribution is 0.234. The molecule has 0 spiro atoms. The van der Waals surface area contributed by atoms with E-state index in [1.54, 1.807) is 12.1 Å². The first-order valence-electron chi connectivity index (χ1n) is 5.32. The van der Waals surface area contributed by atoms with Gasteiger partial charge in [0.05, 0.1) is 4.34 Å². The smallest absolute Gasteiger partial charge is 0.252 e. The van der Waals surface area contributed by atoms with Crippen LogP contribution in [0.5, 0.6) is 0 Å². The molecule has 1 aromatic rings. The Morgan fingerprint density at radius 2 is 2.18 bits per heavy atom. The van der Waals surface area contributed by atoms with Crippen LogP contribution >= 0.6 is 22.9 Å².